The predicted octanol–water partition coefficient (Wildman–Crippen LogP) is 4.06. The molecule has 0 heterocycles. The van der Waals surface area contributed by atoms with Crippen molar-refractivity contribution in [3.63, 3.8) is 0 Å². The summed E-state index contributed by atoms with van der Waals surface area (Å²) in [6.45, 7) is 0.325. The zero-order valence-corrected chi connectivity index (χ0v) is 11.1. The zero-order valence-electron chi connectivity index (χ0n) is 11.1. The Labute approximate surface area is 120 Å². The highest BCUT2D eigenvalue weighted by molar-refractivity contribution is 5.35. The van der Waals surface area contributed by atoms with Gasteiger partial charge in [-0.1, -0.05) is 48.5 Å². The lowest BCUT2D eigenvalue weighted by atomic mass is 10.0. The van der Waals surface area contributed by atoms with Crippen molar-refractivity contribution in [2.45, 2.75) is 18.8 Å². The summed E-state index contributed by atoms with van der Waals surface area (Å²) in [6.07, 6.45) is -4.47. The molecule has 2 aromatic carbocycles. The van der Waals surface area contributed by atoms with Crippen molar-refractivity contribution in [3.05, 3.63) is 71.3 Å². The molecule has 1 atom stereocenters. The quantitative estimate of drug-likeness (QED) is 0.921. The van der Waals surface area contributed by atoms with Crippen molar-refractivity contribution >= 4 is 0 Å². The molecule has 0 aliphatic carbocycles. The highest BCUT2D eigenvalue weighted by Crippen LogP contribution is 2.34. The van der Waals surface area contributed by atoms with E-state index in [9.17, 15) is 13.2 Å². The lowest BCUT2D eigenvalue weighted by Gasteiger charge is -2.17. The maximum Gasteiger partial charge on any atom is 0.416 e. The van der Waals surface area contributed by atoms with Gasteiger partial charge in [0.1, 0.15) is 6.04 Å². The Morgan fingerprint density at radius 3 is 2.24 bits per heavy atom. The van der Waals surface area contributed by atoms with Crippen LogP contribution in [0.15, 0.2) is 54.6 Å². The van der Waals surface area contributed by atoms with E-state index in [1.807, 2.05) is 36.4 Å². The molecule has 0 saturated carbocycles. The molecule has 0 bridgehead atoms. The lowest BCUT2D eigenvalue weighted by molar-refractivity contribution is -0.138. The standard InChI is InChI=1S/C16H13F3N2/c17-16(18,19)14-9-5-4-8-13(14)15(10-20)21-11-12-6-2-1-3-7-12/h1-9,15,21H,11H2. The van der Waals surface area contributed by atoms with E-state index < -0.39 is 17.8 Å². The number of alkyl halides is 3. The molecule has 0 fully saturated rings. The number of hydrogen-bond acceptors (Lipinski definition) is 2. The predicted molar refractivity (Wildman–Crippen MR) is 73.1 cm³/mol. The van der Waals surface area contributed by atoms with Gasteiger partial charge in [-0.2, -0.15) is 18.4 Å². The molecule has 0 aliphatic heterocycles. The summed E-state index contributed by atoms with van der Waals surface area (Å²) in [7, 11) is 0. The lowest BCUT2D eigenvalue weighted by Crippen LogP contribution is -2.22. The molecule has 2 aromatic rings. The SMILES string of the molecule is N#CC(NCc1ccccc1)c1ccccc1C(F)(F)F. The van der Waals surface area contributed by atoms with Crippen LogP contribution in [0.25, 0.3) is 0 Å². The highest BCUT2D eigenvalue weighted by atomic mass is 19.4. The zero-order chi connectivity index (χ0) is 15.3. The third-order valence-corrected chi connectivity index (χ3v) is 3.06. The summed E-state index contributed by atoms with van der Waals surface area (Å²) in [5.41, 5.74) is 0.0720. The van der Waals surface area contributed by atoms with Crippen molar-refractivity contribution in [2.24, 2.45) is 0 Å². The van der Waals surface area contributed by atoms with Crippen LogP contribution in [0.1, 0.15) is 22.7 Å². The van der Waals surface area contributed by atoms with Gasteiger partial charge in [0, 0.05) is 6.54 Å². The molecule has 21 heavy (non-hydrogen) atoms. The van der Waals surface area contributed by atoms with Crippen LogP contribution in [0.4, 0.5) is 13.2 Å². The first-order chi connectivity index (χ1) is 10.0. The molecule has 0 amide bonds. The highest BCUT2D eigenvalue weighted by Gasteiger charge is 2.34. The van der Waals surface area contributed by atoms with E-state index in [4.69, 9.17) is 5.26 Å². The van der Waals surface area contributed by atoms with Crippen LogP contribution < -0.4 is 5.32 Å². The molecular formula is C16H13F3N2. The van der Waals surface area contributed by atoms with Crippen LogP contribution in [0.5, 0.6) is 0 Å². The Bertz CT molecular complexity index is 630. The smallest absolute Gasteiger partial charge is 0.294 e. The number of nitriles is 1. The van der Waals surface area contributed by atoms with E-state index in [0.717, 1.165) is 11.6 Å². The van der Waals surface area contributed by atoms with E-state index in [-0.39, 0.29) is 5.56 Å². The Hall–Kier alpha value is -2.32. The van der Waals surface area contributed by atoms with Gasteiger partial charge in [0.15, 0.2) is 0 Å². The van der Waals surface area contributed by atoms with Crippen LogP contribution in [0.2, 0.25) is 0 Å². The molecule has 108 valence electrons. The van der Waals surface area contributed by atoms with Crippen molar-refractivity contribution in [1.29, 1.82) is 5.26 Å². The second-order valence-corrected chi connectivity index (χ2v) is 4.51. The second-order valence-electron chi connectivity index (χ2n) is 4.51. The number of rotatable bonds is 4. The third-order valence-electron chi connectivity index (χ3n) is 3.06. The Morgan fingerprint density at radius 1 is 1.00 bits per heavy atom. The summed E-state index contributed by atoms with van der Waals surface area (Å²) >= 11 is 0. The molecule has 2 rings (SSSR count). The fourth-order valence-electron chi connectivity index (χ4n) is 2.05. The summed E-state index contributed by atoms with van der Waals surface area (Å²) in [5, 5.41) is 12.0. The molecule has 0 spiro atoms. The second kappa shape index (κ2) is 6.42. The van der Waals surface area contributed by atoms with E-state index >= 15 is 0 Å². The first-order valence-electron chi connectivity index (χ1n) is 6.35. The monoisotopic (exact) mass is 290 g/mol. The average Bonchev–Trinajstić information content (AvgIpc) is 2.48. The van der Waals surface area contributed by atoms with Crippen molar-refractivity contribution in [1.82, 2.24) is 5.32 Å². The van der Waals surface area contributed by atoms with Crippen LogP contribution in [-0.2, 0) is 12.7 Å². The summed E-state index contributed by atoms with van der Waals surface area (Å²) in [6, 6.07) is 15.2. The molecule has 0 aliphatic rings. The van der Waals surface area contributed by atoms with E-state index in [2.05, 4.69) is 5.32 Å². The van der Waals surface area contributed by atoms with Gasteiger partial charge in [-0.15, -0.1) is 0 Å². The van der Waals surface area contributed by atoms with Gasteiger partial charge in [0.05, 0.1) is 11.6 Å². The minimum atomic E-state index is -4.47. The van der Waals surface area contributed by atoms with Crippen molar-refractivity contribution < 1.29 is 13.2 Å². The van der Waals surface area contributed by atoms with Gasteiger partial charge in [-0.25, -0.2) is 0 Å². The van der Waals surface area contributed by atoms with Gasteiger partial charge < -0.3 is 0 Å². The molecule has 0 radical (unpaired) electrons. The van der Waals surface area contributed by atoms with E-state index in [1.54, 1.807) is 0 Å². The Morgan fingerprint density at radius 2 is 1.62 bits per heavy atom. The fraction of sp³-hybridized carbons (Fsp3) is 0.188. The van der Waals surface area contributed by atoms with Crippen molar-refractivity contribution in [3.8, 4) is 6.07 Å². The summed E-state index contributed by atoms with van der Waals surface area (Å²) in [4.78, 5) is 0. The molecule has 0 aromatic heterocycles. The van der Waals surface area contributed by atoms with Crippen LogP contribution in [0, 0.1) is 11.3 Å². The average molecular weight is 290 g/mol. The molecule has 2 nitrogen and oxygen atoms in total. The number of hydrogen-bond donors (Lipinski definition) is 1. The molecule has 0 saturated heterocycles. The molecule has 5 heteroatoms. The largest absolute Gasteiger partial charge is 0.416 e. The number of nitrogens with one attached hydrogen (secondary N) is 1. The summed E-state index contributed by atoms with van der Waals surface area (Å²) < 4.78 is 38.9. The number of benzene rings is 2. The Balaban J connectivity index is 2.21. The fourth-order valence-corrected chi connectivity index (χ4v) is 2.05. The van der Waals surface area contributed by atoms with Gasteiger partial charge in [0.2, 0.25) is 0 Å². The van der Waals surface area contributed by atoms with E-state index in [0.29, 0.717) is 6.54 Å². The van der Waals surface area contributed by atoms with Crippen LogP contribution in [-0.4, -0.2) is 0 Å². The first-order valence-corrected chi connectivity index (χ1v) is 6.35. The number of halogens is 3. The third kappa shape index (κ3) is 3.83. The maximum absolute atomic E-state index is 13.0. The first kappa shape index (κ1) is 15.1. The molecule has 1 unspecified atom stereocenters. The number of nitrogens with zero attached hydrogens (tertiary/aromatic N) is 1. The molecule has 1 N–H and O–H groups in total. The van der Waals surface area contributed by atoms with Crippen LogP contribution >= 0.6 is 0 Å². The van der Waals surface area contributed by atoms with Crippen LogP contribution in [0.3, 0.4) is 0 Å². The van der Waals surface area contributed by atoms with Gasteiger partial charge >= 0.3 is 6.18 Å². The van der Waals surface area contributed by atoms with Gasteiger partial charge in [-0.05, 0) is 17.2 Å². The normalized spacial score (nSPS) is 12.7. The van der Waals surface area contributed by atoms with Crippen molar-refractivity contribution in [2.75, 3.05) is 0 Å². The Kier molecular flexibility index (Phi) is 4.61. The van der Waals surface area contributed by atoms with E-state index in [1.165, 1.54) is 18.2 Å². The summed E-state index contributed by atoms with van der Waals surface area (Å²) in [5.74, 6) is 0. The topological polar surface area (TPSA) is 35.8 Å². The van der Waals surface area contributed by atoms with Gasteiger partial charge in [-0.3, -0.25) is 5.32 Å². The minimum absolute atomic E-state index is 0.0524. The maximum atomic E-state index is 13.0. The minimum Gasteiger partial charge on any atom is -0.294 e. The van der Waals surface area contributed by atoms with Gasteiger partial charge in [0.25, 0.3) is 0 Å². The molecular weight excluding hydrogens is 277 g/mol.